The van der Waals surface area contributed by atoms with Crippen LogP contribution in [0.3, 0.4) is 0 Å². The lowest BCUT2D eigenvalue weighted by Crippen LogP contribution is -2.52. The molecule has 3 nitrogen and oxygen atoms in total. The number of aliphatic hydroxyl groups is 3. The van der Waals surface area contributed by atoms with Crippen LogP contribution in [0.2, 0.25) is 0 Å². The summed E-state index contributed by atoms with van der Waals surface area (Å²) in [5.41, 5.74) is 2.55. The van der Waals surface area contributed by atoms with Crippen LogP contribution in [0, 0.1) is 28.6 Å². The SMILES string of the molecule is CCC(O)(CC)CCCS[C@H](C)[C@H]1CC[C@H]2C3=CC=C4C[C@@H](O)C[C@H](O)[C@]4(C)[C@H]3CC[C@]12C. The summed E-state index contributed by atoms with van der Waals surface area (Å²) in [5.74, 6) is 2.94. The Morgan fingerprint density at radius 3 is 2.52 bits per heavy atom. The molecular weight excluding hydrogens is 428 g/mol. The zero-order chi connectivity index (χ0) is 24.0. The monoisotopic (exact) mass is 476 g/mol. The summed E-state index contributed by atoms with van der Waals surface area (Å²) in [6.45, 7) is 11.5. The fraction of sp³-hybridized carbons (Fsp3) is 0.862. The zero-order valence-electron chi connectivity index (χ0n) is 21.6. The second-order valence-electron chi connectivity index (χ2n) is 12.2. The zero-order valence-corrected chi connectivity index (χ0v) is 22.5. The highest BCUT2D eigenvalue weighted by Gasteiger charge is 2.58. The molecule has 4 rings (SSSR count). The van der Waals surface area contributed by atoms with Gasteiger partial charge in [0, 0.05) is 17.1 Å². The summed E-state index contributed by atoms with van der Waals surface area (Å²) < 4.78 is 0. The van der Waals surface area contributed by atoms with E-state index in [1.807, 2.05) is 0 Å². The number of allylic oxidation sites excluding steroid dienone is 3. The lowest BCUT2D eigenvalue weighted by atomic mass is 9.49. The van der Waals surface area contributed by atoms with Crippen molar-refractivity contribution >= 4 is 11.8 Å². The van der Waals surface area contributed by atoms with Crippen LogP contribution in [0.15, 0.2) is 23.3 Å². The van der Waals surface area contributed by atoms with Crippen LogP contribution in [0.5, 0.6) is 0 Å². The van der Waals surface area contributed by atoms with E-state index in [1.54, 1.807) is 5.57 Å². The second kappa shape index (κ2) is 9.64. The maximum atomic E-state index is 11.1. The minimum atomic E-state index is -0.470. The van der Waals surface area contributed by atoms with Gasteiger partial charge in [-0.3, -0.25) is 0 Å². The third-order valence-corrected chi connectivity index (χ3v) is 12.2. The van der Waals surface area contributed by atoms with Crippen molar-refractivity contribution < 1.29 is 15.3 Å². The van der Waals surface area contributed by atoms with Crippen molar-refractivity contribution in [1.82, 2.24) is 0 Å². The molecule has 0 radical (unpaired) electrons. The van der Waals surface area contributed by atoms with Gasteiger partial charge in [0.25, 0.3) is 0 Å². The first-order valence-electron chi connectivity index (χ1n) is 13.7. The highest BCUT2D eigenvalue weighted by molar-refractivity contribution is 7.99. The van der Waals surface area contributed by atoms with E-state index in [9.17, 15) is 15.3 Å². The predicted octanol–water partition coefficient (Wildman–Crippen LogP) is 6.27. The third-order valence-electron chi connectivity index (χ3n) is 10.8. The Labute approximate surface area is 206 Å². The van der Waals surface area contributed by atoms with E-state index >= 15 is 0 Å². The molecule has 3 N–H and O–H groups in total. The maximum absolute atomic E-state index is 11.1. The van der Waals surface area contributed by atoms with Gasteiger partial charge in [0.2, 0.25) is 0 Å². The van der Waals surface area contributed by atoms with Gasteiger partial charge in [-0.25, -0.2) is 0 Å². The van der Waals surface area contributed by atoms with E-state index in [0.717, 1.165) is 50.2 Å². The first-order valence-corrected chi connectivity index (χ1v) is 14.7. The number of aliphatic hydroxyl groups excluding tert-OH is 2. The Hall–Kier alpha value is -0.290. The number of rotatable bonds is 8. The first-order chi connectivity index (χ1) is 15.6. The minimum absolute atomic E-state index is 0.196. The summed E-state index contributed by atoms with van der Waals surface area (Å²) in [5, 5.41) is 32.6. The largest absolute Gasteiger partial charge is 0.393 e. The van der Waals surface area contributed by atoms with Crippen molar-refractivity contribution in [3.05, 3.63) is 23.3 Å². The molecule has 4 aliphatic rings. The van der Waals surface area contributed by atoms with Crippen LogP contribution in [0.25, 0.3) is 0 Å². The molecule has 0 bridgehead atoms. The Kier molecular flexibility index (Phi) is 7.53. The summed E-state index contributed by atoms with van der Waals surface area (Å²) in [6, 6.07) is 0. The van der Waals surface area contributed by atoms with Gasteiger partial charge in [-0.15, -0.1) is 0 Å². The quantitative estimate of drug-likeness (QED) is 0.361. The molecule has 0 saturated heterocycles. The number of fused-ring (bicyclic) bond motifs is 5. The van der Waals surface area contributed by atoms with Crippen LogP contribution >= 0.6 is 11.8 Å². The van der Waals surface area contributed by atoms with E-state index in [4.69, 9.17) is 0 Å². The smallest absolute Gasteiger partial charge is 0.0661 e. The van der Waals surface area contributed by atoms with Gasteiger partial charge >= 0.3 is 0 Å². The first kappa shape index (κ1) is 25.8. The van der Waals surface area contributed by atoms with Crippen molar-refractivity contribution in [2.24, 2.45) is 28.6 Å². The average molecular weight is 477 g/mol. The molecule has 0 heterocycles. The molecule has 0 spiro atoms. The number of hydrogen-bond donors (Lipinski definition) is 3. The summed E-state index contributed by atoms with van der Waals surface area (Å²) in [4.78, 5) is 0. The Morgan fingerprint density at radius 2 is 1.82 bits per heavy atom. The molecule has 0 amide bonds. The van der Waals surface area contributed by atoms with Crippen molar-refractivity contribution in [2.45, 2.75) is 122 Å². The summed E-state index contributed by atoms with van der Waals surface area (Å²) >= 11 is 2.13. The molecule has 188 valence electrons. The molecule has 33 heavy (non-hydrogen) atoms. The summed E-state index contributed by atoms with van der Waals surface area (Å²) in [7, 11) is 0. The van der Waals surface area contributed by atoms with Crippen molar-refractivity contribution in [3.8, 4) is 0 Å². The van der Waals surface area contributed by atoms with Crippen LogP contribution < -0.4 is 0 Å². The fourth-order valence-electron chi connectivity index (χ4n) is 8.25. The van der Waals surface area contributed by atoms with Gasteiger partial charge in [-0.1, -0.05) is 57.9 Å². The molecule has 0 aromatic rings. The Morgan fingerprint density at radius 1 is 1.09 bits per heavy atom. The Balaban J connectivity index is 1.44. The van der Waals surface area contributed by atoms with Crippen molar-refractivity contribution in [2.75, 3.05) is 5.75 Å². The van der Waals surface area contributed by atoms with Gasteiger partial charge in [0.05, 0.1) is 17.8 Å². The standard InChI is InChI=1S/C29H48O3S/c1-6-29(32,7-2)14-8-16-33-19(3)23-11-12-24-22-10-9-20-17-21(30)18-26(31)28(20,5)25(22)13-15-27(23,24)4/h9-10,19,21,23-26,30-32H,6-8,11-18H2,1-5H3/t19-,21-,23-,24+,25+,26+,27-,28+/m1/s1. The lowest BCUT2D eigenvalue weighted by molar-refractivity contribution is -0.0526. The van der Waals surface area contributed by atoms with Gasteiger partial charge in [-0.05, 0) is 86.7 Å². The van der Waals surface area contributed by atoms with E-state index in [-0.39, 0.29) is 5.41 Å². The maximum Gasteiger partial charge on any atom is 0.0661 e. The normalized spacial score (nSPS) is 41.5. The van der Waals surface area contributed by atoms with E-state index in [1.165, 1.54) is 24.8 Å². The van der Waals surface area contributed by atoms with Crippen LogP contribution in [-0.4, -0.2) is 44.1 Å². The molecule has 8 atom stereocenters. The highest BCUT2D eigenvalue weighted by atomic mass is 32.2. The molecule has 0 aliphatic heterocycles. The second-order valence-corrected chi connectivity index (χ2v) is 13.7. The van der Waals surface area contributed by atoms with E-state index in [0.29, 0.717) is 28.9 Å². The topological polar surface area (TPSA) is 60.7 Å². The van der Waals surface area contributed by atoms with Gasteiger partial charge in [-0.2, -0.15) is 11.8 Å². The molecule has 3 saturated carbocycles. The number of hydrogen-bond acceptors (Lipinski definition) is 4. The highest BCUT2D eigenvalue weighted by Crippen LogP contribution is 2.66. The fourth-order valence-corrected chi connectivity index (χ4v) is 9.61. The average Bonchev–Trinajstić information content (AvgIpc) is 3.15. The van der Waals surface area contributed by atoms with Crippen molar-refractivity contribution in [1.29, 1.82) is 0 Å². The number of thioether (sulfide) groups is 1. The Bertz CT molecular complexity index is 771. The predicted molar refractivity (Wildman–Crippen MR) is 139 cm³/mol. The minimum Gasteiger partial charge on any atom is -0.393 e. The molecule has 4 heteroatoms. The molecule has 0 aromatic heterocycles. The van der Waals surface area contributed by atoms with E-state index < -0.39 is 17.8 Å². The molecule has 0 aromatic carbocycles. The van der Waals surface area contributed by atoms with Gasteiger partial charge in [0.15, 0.2) is 0 Å². The van der Waals surface area contributed by atoms with Gasteiger partial charge < -0.3 is 15.3 Å². The molecule has 3 fully saturated rings. The lowest BCUT2D eigenvalue weighted by Gasteiger charge is -2.56. The van der Waals surface area contributed by atoms with Gasteiger partial charge in [0.1, 0.15) is 0 Å². The molecule has 4 aliphatic carbocycles. The van der Waals surface area contributed by atoms with Crippen LogP contribution in [0.4, 0.5) is 0 Å². The van der Waals surface area contributed by atoms with Crippen molar-refractivity contribution in [3.63, 3.8) is 0 Å². The van der Waals surface area contributed by atoms with E-state index in [2.05, 4.69) is 58.5 Å². The molecule has 0 unspecified atom stereocenters. The molecular formula is C29H48O3S. The van der Waals surface area contributed by atoms with Crippen LogP contribution in [0.1, 0.15) is 98.8 Å². The summed E-state index contributed by atoms with van der Waals surface area (Å²) in [6.07, 6.45) is 13.8. The third kappa shape index (κ3) is 4.41. The van der Waals surface area contributed by atoms with Crippen LogP contribution in [-0.2, 0) is 0 Å².